The van der Waals surface area contributed by atoms with Gasteiger partial charge in [-0.3, -0.25) is 0 Å². The number of alkyl halides is 1. The lowest BCUT2D eigenvalue weighted by molar-refractivity contribution is -0.000229. The van der Waals surface area contributed by atoms with Crippen LogP contribution in [0.25, 0.3) is 0 Å². The van der Waals surface area contributed by atoms with E-state index in [2.05, 4.69) is 10.6 Å². The number of halogens is 1. The van der Waals surface area contributed by atoms with Crippen LogP contribution in [0.3, 0.4) is 0 Å². The topological polar surface area (TPSA) is 50.4 Å². The minimum atomic E-state index is -0.0701. The summed E-state index contributed by atoms with van der Waals surface area (Å²) in [6.07, 6.45) is 6.74. The number of hydrogen-bond acceptors (Lipinski definition) is 2. The van der Waals surface area contributed by atoms with Crippen molar-refractivity contribution in [3.05, 3.63) is 0 Å². The lowest BCUT2D eigenvalue weighted by atomic mass is 9.52. The molecule has 108 valence electrons. The average molecular weight is 287 g/mol. The minimum Gasteiger partial charge on any atom is -0.383 e. The van der Waals surface area contributed by atoms with Crippen LogP contribution in [0.5, 0.6) is 0 Å². The van der Waals surface area contributed by atoms with Crippen LogP contribution >= 0.6 is 11.6 Å². The van der Waals surface area contributed by atoms with Gasteiger partial charge >= 0.3 is 6.03 Å². The molecule has 4 atom stereocenters. The first-order valence-corrected chi connectivity index (χ1v) is 7.64. The van der Waals surface area contributed by atoms with Crippen molar-refractivity contribution in [3.8, 4) is 0 Å². The van der Waals surface area contributed by atoms with Gasteiger partial charge in [-0.1, -0.05) is 0 Å². The summed E-state index contributed by atoms with van der Waals surface area (Å²) in [5, 5.41) is 6.07. The van der Waals surface area contributed by atoms with E-state index < -0.39 is 0 Å². The zero-order chi connectivity index (χ0) is 13.5. The maximum absolute atomic E-state index is 12.0. The first-order chi connectivity index (χ1) is 9.03. The summed E-state index contributed by atoms with van der Waals surface area (Å²) in [6.45, 7) is 1.10. The summed E-state index contributed by atoms with van der Waals surface area (Å²) in [5.41, 5.74) is -0.0526. The summed E-state index contributed by atoms with van der Waals surface area (Å²) in [6, 6.07) is -0.0701. The zero-order valence-electron chi connectivity index (χ0n) is 11.5. The fourth-order valence-electron chi connectivity index (χ4n) is 4.85. The van der Waals surface area contributed by atoms with Gasteiger partial charge in [0.25, 0.3) is 0 Å². The Labute approximate surface area is 119 Å². The maximum atomic E-state index is 12.0. The van der Waals surface area contributed by atoms with Crippen molar-refractivity contribution < 1.29 is 9.53 Å². The molecule has 4 rings (SSSR count). The SMILES string of the molecule is COCCNC(=O)NC12C[C@@H]3C[C@@H](CC(Cl)(C3)C1)C2. The van der Waals surface area contributed by atoms with Crippen molar-refractivity contribution in [2.24, 2.45) is 11.8 Å². The number of ether oxygens (including phenoxy) is 1. The summed E-state index contributed by atoms with van der Waals surface area (Å²) < 4.78 is 4.94. The van der Waals surface area contributed by atoms with Gasteiger partial charge in [-0.2, -0.15) is 0 Å². The van der Waals surface area contributed by atoms with E-state index in [1.54, 1.807) is 7.11 Å². The highest BCUT2D eigenvalue weighted by molar-refractivity contribution is 6.24. The van der Waals surface area contributed by atoms with Crippen LogP contribution in [0, 0.1) is 11.8 Å². The van der Waals surface area contributed by atoms with Crippen LogP contribution in [0.2, 0.25) is 0 Å². The van der Waals surface area contributed by atoms with E-state index in [1.165, 1.54) is 6.42 Å². The first kappa shape index (κ1) is 13.5. The number of hydrogen-bond donors (Lipinski definition) is 2. The monoisotopic (exact) mass is 286 g/mol. The second-order valence-electron chi connectivity index (χ2n) is 6.77. The van der Waals surface area contributed by atoms with E-state index in [4.69, 9.17) is 16.3 Å². The van der Waals surface area contributed by atoms with Crippen molar-refractivity contribution in [2.45, 2.75) is 48.9 Å². The smallest absolute Gasteiger partial charge is 0.315 e. The number of carbonyl (C=O) groups excluding carboxylic acids is 1. The number of nitrogens with one attached hydrogen (secondary N) is 2. The van der Waals surface area contributed by atoms with Gasteiger partial charge in [0.05, 0.1) is 6.61 Å². The number of methoxy groups -OCH3 is 1. The lowest BCUT2D eigenvalue weighted by Gasteiger charge is -2.60. The Bertz CT molecular complexity index is 360. The van der Waals surface area contributed by atoms with E-state index in [0.29, 0.717) is 25.0 Å². The van der Waals surface area contributed by atoms with Crippen LogP contribution in [0.15, 0.2) is 0 Å². The largest absolute Gasteiger partial charge is 0.383 e. The molecule has 4 aliphatic carbocycles. The summed E-state index contributed by atoms with van der Waals surface area (Å²) in [5.74, 6) is 1.41. The molecule has 0 aromatic rings. The fourth-order valence-corrected chi connectivity index (χ4v) is 5.54. The Morgan fingerprint density at radius 1 is 1.32 bits per heavy atom. The molecular weight excluding hydrogens is 264 g/mol. The average Bonchev–Trinajstić information content (AvgIpc) is 2.24. The normalized spacial score (nSPS) is 43.3. The summed E-state index contributed by atoms with van der Waals surface area (Å²) in [7, 11) is 1.63. The van der Waals surface area contributed by atoms with Crippen LogP contribution < -0.4 is 10.6 Å². The minimum absolute atomic E-state index is 0.0517. The van der Waals surface area contributed by atoms with Gasteiger partial charge in [0.2, 0.25) is 0 Å². The van der Waals surface area contributed by atoms with Crippen molar-refractivity contribution in [1.82, 2.24) is 10.6 Å². The third-order valence-corrected chi connectivity index (χ3v) is 5.40. The molecule has 0 aromatic carbocycles. The van der Waals surface area contributed by atoms with Crippen LogP contribution in [0.1, 0.15) is 38.5 Å². The van der Waals surface area contributed by atoms with Crippen molar-refractivity contribution in [1.29, 1.82) is 0 Å². The Hall–Kier alpha value is -0.480. The van der Waals surface area contributed by atoms with Crippen LogP contribution in [-0.2, 0) is 4.74 Å². The Kier molecular flexibility index (Phi) is 3.42. The third kappa shape index (κ3) is 2.70. The van der Waals surface area contributed by atoms with Gasteiger partial charge in [0, 0.05) is 24.1 Å². The number of carbonyl (C=O) groups is 1. The molecule has 5 heteroatoms. The van der Waals surface area contributed by atoms with Crippen LogP contribution in [-0.4, -0.2) is 36.7 Å². The lowest BCUT2D eigenvalue weighted by Crippen LogP contribution is -2.65. The molecule has 19 heavy (non-hydrogen) atoms. The van der Waals surface area contributed by atoms with E-state index in [9.17, 15) is 4.79 Å². The molecule has 0 aliphatic heterocycles. The number of urea groups is 1. The number of amides is 2. The molecule has 0 heterocycles. The predicted molar refractivity (Wildman–Crippen MR) is 74.4 cm³/mol. The highest BCUT2D eigenvalue weighted by Crippen LogP contribution is 2.59. The maximum Gasteiger partial charge on any atom is 0.315 e. The summed E-state index contributed by atoms with van der Waals surface area (Å²) in [4.78, 5) is 11.9. The van der Waals surface area contributed by atoms with Gasteiger partial charge in [0.1, 0.15) is 0 Å². The molecule has 4 saturated carbocycles. The van der Waals surface area contributed by atoms with Gasteiger partial charge < -0.3 is 15.4 Å². The van der Waals surface area contributed by atoms with Gasteiger partial charge in [0.15, 0.2) is 0 Å². The molecule has 4 fully saturated rings. The van der Waals surface area contributed by atoms with Crippen molar-refractivity contribution in [3.63, 3.8) is 0 Å². The van der Waals surface area contributed by atoms with Gasteiger partial charge in [-0.05, 0) is 50.4 Å². The molecular formula is C14H23ClN2O2. The second kappa shape index (κ2) is 4.81. The van der Waals surface area contributed by atoms with E-state index in [-0.39, 0.29) is 16.4 Å². The van der Waals surface area contributed by atoms with E-state index in [1.807, 2.05) is 0 Å². The predicted octanol–water partition coefficient (Wildman–Crippen LogP) is 2.26. The van der Waals surface area contributed by atoms with Crippen molar-refractivity contribution in [2.75, 3.05) is 20.3 Å². The van der Waals surface area contributed by atoms with Crippen molar-refractivity contribution >= 4 is 17.6 Å². The third-order valence-electron chi connectivity index (χ3n) is 4.96. The molecule has 0 radical (unpaired) electrons. The van der Waals surface area contributed by atoms with Crippen LogP contribution in [0.4, 0.5) is 4.79 Å². The Balaban J connectivity index is 1.62. The standard InChI is InChI=1S/C14H23ClN2O2/c1-19-3-2-16-12(18)17-14-7-10-4-11(8-14)6-13(15,5-10)9-14/h10-11H,2-9H2,1H3,(H2,16,17,18)/t10-,11+,13?,14?. The van der Waals surface area contributed by atoms with E-state index in [0.717, 1.165) is 32.1 Å². The molecule has 4 aliphatic rings. The summed E-state index contributed by atoms with van der Waals surface area (Å²) >= 11 is 6.74. The highest BCUT2D eigenvalue weighted by atomic mass is 35.5. The molecule has 2 N–H and O–H groups in total. The number of rotatable bonds is 4. The highest BCUT2D eigenvalue weighted by Gasteiger charge is 2.57. The quantitative estimate of drug-likeness (QED) is 0.615. The Morgan fingerprint density at radius 2 is 2.00 bits per heavy atom. The first-order valence-electron chi connectivity index (χ1n) is 7.26. The Morgan fingerprint density at radius 3 is 2.58 bits per heavy atom. The second-order valence-corrected chi connectivity index (χ2v) is 7.57. The zero-order valence-corrected chi connectivity index (χ0v) is 12.3. The molecule has 4 nitrogen and oxygen atoms in total. The van der Waals surface area contributed by atoms with Gasteiger partial charge in [-0.15, -0.1) is 11.6 Å². The molecule has 0 spiro atoms. The molecule has 2 unspecified atom stereocenters. The molecule has 4 bridgehead atoms. The molecule has 0 aromatic heterocycles. The van der Waals surface area contributed by atoms with Gasteiger partial charge in [-0.25, -0.2) is 4.79 Å². The molecule has 0 saturated heterocycles. The molecule has 2 amide bonds. The fraction of sp³-hybridized carbons (Fsp3) is 0.929. The van der Waals surface area contributed by atoms with E-state index >= 15 is 0 Å².